The molecule has 2 unspecified atom stereocenters. The summed E-state index contributed by atoms with van der Waals surface area (Å²) >= 11 is 0. The molecule has 0 radical (unpaired) electrons. The SMILES string of the molecule is O=S(=O)(O)N(CC1CO1)CC1CO1. The number of hydrogen-bond acceptors (Lipinski definition) is 4. The van der Waals surface area contributed by atoms with Crippen LogP contribution in [0.5, 0.6) is 0 Å². The van der Waals surface area contributed by atoms with Gasteiger partial charge in [-0.15, -0.1) is 0 Å². The number of epoxide rings is 2. The molecule has 6 nitrogen and oxygen atoms in total. The first-order valence-corrected chi connectivity index (χ1v) is 5.41. The molecule has 2 aliphatic rings. The van der Waals surface area contributed by atoms with E-state index in [1.165, 1.54) is 0 Å². The molecule has 13 heavy (non-hydrogen) atoms. The maximum Gasteiger partial charge on any atom is 0.336 e. The Kier molecular flexibility index (Phi) is 2.28. The van der Waals surface area contributed by atoms with Crippen LogP contribution in [-0.4, -0.2) is 55.8 Å². The predicted octanol–water partition coefficient (Wildman–Crippen LogP) is -1.11. The number of hydrogen-bond donors (Lipinski definition) is 1. The Morgan fingerprint density at radius 3 is 1.85 bits per heavy atom. The van der Waals surface area contributed by atoms with Crippen LogP contribution in [0.1, 0.15) is 0 Å². The standard InChI is InChI=1S/C6H11NO5S/c8-13(9,10)7(1-5-3-11-5)2-6-4-12-6/h5-6H,1-4H2,(H,8,9,10). The molecule has 0 aromatic rings. The normalized spacial score (nSPS) is 32.2. The van der Waals surface area contributed by atoms with Gasteiger partial charge in [-0.25, -0.2) is 0 Å². The van der Waals surface area contributed by atoms with Crippen molar-refractivity contribution in [2.45, 2.75) is 12.2 Å². The second-order valence-electron chi connectivity index (χ2n) is 3.21. The minimum absolute atomic E-state index is 0.0549. The van der Waals surface area contributed by atoms with Gasteiger partial charge < -0.3 is 9.47 Å². The highest BCUT2D eigenvalue weighted by Crippen LogP contribution is 2.17. The molecule has 0 amide bonds. The van der Waals surface area contributed by atoms with Crippen LogP contribution in [0.15, 0.2) is 0 Å². The van der Waals surface area contributed by atoms with E-state index in [0.717, 1.165) is 4.31 Å². The van der Waals surface area contributed by atoms with Gasteiger partial charge >= 0.3 is 10.3 Å². The molecule has 76 valence electrons. The fourth-order valence-corrected chi connectivity index (χ4v) is 1.77. The first-order valence-electron chi connectivity index (χ1n) is 4.01. The Morgan fingerprint density at radius 1 is 1.23 bits per heavy atom. The zero-order chi connectivity index (χ0) is 9.47. The summed E-state index contributed by atoms with van der Waals surface area (Å²) < 4.78 is 41.2. The zero-order valence-electron chi connectivity index (χ0n) is 6.92. The summed E-state index contributed by atoms with van der Waals surface area (Å²) in [5, 5.41) is 0. The lowest BCUT2D eigenvalue weighted by Crippen LogP contribution is -2.36. The van der Waals surface area contributed by atoms with Gasteiger partial charge in [0, 0.05) is 13.1 Å². The van der Waals surface area contributed by atoms with Crippen molar-refractivity contribution < 1.29 is 22.4 Å². The summed E-state index contributed by atoms with van der Waals surface area (Å²) in [5.41, 5.74) is 0. The molecule has 0 aromatic heterocycles. The topological polar surface area (TPSA) is 82.7 Å². The van der Waals surface area contributed by atoms with Crippen molar-refractivity contribution in [3.8, 4) is 0 Å². The van der Waals surface area contributed by atoms with Gasteiger partial charge in [-0.2, -0.15) is 12.7 Å². The molecular formula is C6H11NO5S. The molecular weight excluding hydrogens is 198 g/mol. The quantitative estimate of drug-likeness (QED) is 0.458. The fourth-order valence-electron chi connectivity index (χ4n) is 1.06. The molecule has 2 atom stereocenters. The number of rotatable bonds is 5. The van der Waals surface area contributed by atoms with Gasteiger partial charge in [-0.05, 0) is 0 Å². The van der Waals surface area contributed by atoms with Crippen LogP contribution in [0.4, 0.5) is 0 Å². The maximum atomic E-state index is 10.8. The van der Waals surface area contributed by atoms with Gasteiger partial charge in [-0.1, -0.05) is 0 Å². The monoisotopic (exact) mass is 209 g/mol. The minimum Gasteiger partial charge on any atom is -0.372 e. The molecule has 0 aliphatic carbocycles. The van der Waals surface area contributed by atoms with Gasteiger partial charge in [0.25, 0.3) is 0 Å². The Bertz CT molecular complexity index is 267. The zero-order valence-corrected chi connectivity index (χ0v) is 7.74. The van der Waals surface area contributed by atoms with Crippen molar-refractivity contribution in [2.75, 3.05) is 26.3 Å². The van der Waals surface area contributed by atoms with Crippen molar-refractivity contribution in [3.05, 3.63) is 0 Å². The second kappa shape index (κ2) is 3.18. The van der Waals surface area contributed by atoms with Crippen molar-refractivity contribution in [1.82, 2.24) is 4.31 Å². The van der Waals surface area contributed by atoms with Crippen molar-refractivity contribution in [1.29, 1.82) is 0 Å². The van der Waals surface area contributed by atoms with Crippen molar-refractivity contribution in [3.63, 3.8) is 0 Å². The molecule has 2 heterocycles. The first kappa shape index (κ1) is 9.35. The molecule has 2 saturated heterocycles. The summed E-state index contributed by atoms with van der Waals surface area (Å²) in [6, 6.07) is 0. The summed E-state index contributed by atoms with van der Waals surface area (Å²) in [5.74, 6) is 0. The average molecular weight is 209 g/mol. The van der Waals surface area contributed by atoms with Gasteiger partial charge in [-0.3, -0.25) is 4.55 Å². The predicted molar refractivity (Wildman–Crippen MR) is 42.6 cm³/mol. The number of nitrogens with zero attached hydrogens (tertiary/aromatic N) is 1. The molecule has 0 bridgehead atoms. The lowest BCUT2D eigenvalue weighted by molar-refractivity contribution is 0.283. The van der Waals surface area contributed by atoms with E-state index in [4.69, 9.17) is 14.0 Å². The van der Waals surface area contributed by atoms with Crippen LogP contribution in [0, 0.1) is 0 Å². The third-order valence-electron chi connectivity index (χ3n) is 1.95. The summed E-state index contributed by atoms with van der Waals surface area (Å²) in [6.45, 7) is 1.58. The Labute approximate surface area is 76.3 Å². The van der Waals surface area contributed by atoms with Crippen LogP contribution >= 0.6 is 0 Å². The van der Waals surface area contributed by atoms with E-state index in [1.807, 2.05) is 0 Å². The highest BCUT2D eigenvalue weighted by molar-refractivity contribution is 7.83. The van der Waals surface area contributed by atoms with Crippen molar-refractivity contribution in [2.24, 2.45) is 0 Å². The van der Waals surface area contributed by atoms with E-state index < -0.39 is 10.3 Å². The van der Waals surface area contributed by atoms with Gasteiger partial charge in [0.05, 0.1) is 25.4 Å². The summed E-state index contributed by atoms with van der Waals surface area (Å²) in [4.78, 5) is 0. The number of ether oxygens (including phenoxy) is 2. The molecule has 2 aliphatic heterocycles. The second-order valence-corrected chi connectivity index (χ2v) is 4.62. The van der Waals surface area contributed by atoms with Gasteiger partial charge in [0.1, 0.15) is 0 Å². The fraction of sp³-hybridized carbons (Fsp3) is 1.00. The molecule has 2 fully saturated rings. The van der Waals surface area contributed by atoms with E-state index in [2.05, 4.69) is 0 Å². The van der Waals surface area contributed by atoms with Crippen molar-refractivity contribution >= 4 is 10.3 Å². The van der Waals surface area contributed by atoms with E-state index in [1.54, 1.807) is 0 Å². The molecule has 1 N–H and O–H groups in total. The third-order valence-corrected chi connectivity index (χ3v) is 2.90. The van der Waals surface area contributed by atoms with Gasteiger partial charge in [0.15, 0.2) is 0 Å². The molecule has 2 rings (SSSR count). The van der Waals surface area contributed by atoms with Crippen LogP contribution in [-0.2, 0) is 19.8 Å². The molecule has 0 saturated carbocycles. The van der Waals surface area contributed by atoms with E-state index in [9.17, 15) is 8.42 Å². The Morgan fingerprint density at radius 2 is 1.62 bits per heavy atom. The summed E-state index contributed by atoms with van der Waals surface area (Å²) in [6.07, 6.45) is -0.110. The Balaban J connectivity index is 1.91. The van der Waals surface area contributed by atoms with Gasteiger partial charge in [0.2, 0.25) is 0 Å². The summed E-state index contributed by atoms with van der Waals surface area (Å²) in [7, 11) is -4.10. The van der Waals surface area contributed by atoms with Crippen LogP contribution in [0.2, 0.25) is 0 Å². The lowest BCUT2D eigenvalue weighted by Gasteiger charge is -2.15. The van der Waals surface area contributed by atoms with E-state index >= 15 is 0 Å². The molecule has 7 heteroatoms. The van der Waals surface area contributed by atoms with Crippen LogP contribution in [0.25, 0.3) is 0 Å². The molecule has 0 spiro atoms. The first-order chi connectivity index (χ1) is 6.05. The third kappa shape index (κ3) is 2.89. The highest BCUT2D eigenvalue weighted by atomic mass is 32.2. The highest BCUT2D eigenvalue weighted by Gasteiger charge is 2.35. The lowest BCUT2D eigenvalue weighted by atomic mass is 10.4. The maximum absolute atomic E-state index is 10.8. The van der Waals surface area contributed by atoms with E-state index in [0.29, 0.717) is 13.2 Å². The van der Waals surface area contributed by atoms with Crippen LogP contribution < -0.4 is 0 Å². The van der Waals surface area contributed by atoms with E-state index in [-0.39, 0.29) is 25.3 Å². The Hall–Kier alpha value is -0.210. The average Bonchev–Trinajstić information content (AvgIpc) is 2.76. The smallest absolute Gasteiger partial charge is 0.336 e. The minimum atomic E-state index is -4.10. The van der Waals surface area contributed by atoms with Crippen LogP contribution in [0.3, 0.4) is 0 Å². The largest absolute Gasteiger partial charge is 0.372 e. The molecule has 0 aromatic carbocycles.